The van der Waals surface area contributed by atoms with Gasteiger partial charge in [-0.15, -0.1) is 11.3 Å². The van der Waals surface area contributed by atoms with Gasteiger partial charge in [0.1, 0.15) is 17.3 Å². The van der Waals surface area contributed by atoms with Crippen molar-refractivity contribution in [2.75, 3.05) is 14.1 Å². The van der Waals surface area contributed by atoms with E-state index < -0.39 is 0 Å². The summed E-state index contributed by atoms with van der Waals surface area (Å²) >= 11 is 1.81. The third kappa shape index (κ3) is 3.91. The molecule has 28 heavy (non-hydrogen) atoms. The predicted molar refractivity (Wildman–Crippen MR) is 114 cm³/mol. The van der Waals surface area contributed by atoms with Crippen molar-refractivity contribution in [1.82, 2.24) is 14.9 Å². The molecule has 1 unspecified atom stereocenters. The number of aromatic nitrogens is 2. The van der Waals surface area contributed by atoms with Crippen LogP contribution in [0.1, 0.15) is 68.7 Å². The fourth-order valence-corrected chi connectivity index (χ4v) is 6.08. The highest BCUT2D eigenvalue weighted by molar-refractivity contribution is 7.19. The van der Waals surface area contributed by atoms with Crippen LogP contribution < -0.4 is 4.74 Å². The lowest BCUT2D eigenvalue weighted by Gasteiger charge is -2.32. The van der Waals surface area contributed by atoms with Crippen molar-refractivity contribution in [1.29, 1.82) is 0 Å². The van der Waals surface area contributed by atoms with Gasteiger partial charge in [-0.3, -0.25) is 0 Å². The number of fused-ring (bicyclic) bond motifs is 3. The lowest BCUT2D eigenvalue weighted by Crippen LogP contribution is -2.35. The molecule has 154 valence electrons. The molecular formula is C22H33N3O2S. The highest BCUT2D eigenvalue weighted by Gasteiger charge is 2.32. The number of aliphatic hydroxyl groups excluding tert-OH is 1. The molecule has 2 aliphatic rings. The first-order valence-electron chi connectivity index (χ1n) is 10.7. The van der Waals surface area contributed by atoms with Crippen LogP contribution in [0.15, 0.2) is 6.33 Å². The van der Waals surface area contributed by atoms with E-state index in [4.69, 9.17) is 4.74 Å². The average Bonchev–Trinajstić information content (AvgIpc) is 3.22. The minimum Gasteiger partial charge on any atom is -0.474 e. The van der Waals surface area contributed by atoms with Crippen LogP contribution in [0.3, 0.4) is 0 Å². The van der Waals surface area contributed by atoms with E-state index in [-0.39, 0.29) is 12.2 Å². The Kier molecular flexibility index (Phi) is 5.91. The van der Waals surface area contributed by atoms with Gasteiger partial charge in [0, 0.05) is 10.9 Å². The number of ether oxygens (including phenoxy) is 1. The van der Waals surface area contributed by atoms with Gasteiger partial charge in [0.05, 0.1) is 11.5 Å². The highest BCUT2D eigenvalue weighted by Crippen LogP contribution is 2.48. The Morgan fingerprint density at radius 3 is 2.61 bits per heavy atom. The Morgan fingerprint density at radius 1 is 1.18 bits per heavy atom. The molecule has 0 saturated heterocycles. The van der Waals surface area contributed by atoms with Gasteiger partial charge < -0.3 is 14.7 Å². The van der Waals surface area contributed by atoms with E-state index in [2.05, 4.69) is 35.9 Å². The van der Waals surface area contributed by atoms with Crippen molar-refractivity contribution < 1.29 is 9.84 Å². The molecule has 2 heterocycles. The second-order valence-electron chi connectivity index (χ2n) is 9.00. The predicted octanol–water partition coefficient (Wildman–Crippen LogP) is 4.38. The van der Waals surface area contributed by atoms with E-state index >= 15 is 0 Å². The van der Waals surface area contributed by atoms with Crippen LogP contribution in [0.5, 0.6) is 5.88 Å². The van der Waals surface area contributed by atoms with E-state index in [0.29, 0.717) is 17.9 Å². The Morgan fingerprint density at radius 2 is 1.93 bits per heavy atom. The zero-order valence-corrected chi connectivity index (χ0v) is 18.3. The topological polar surface area (TPSA) is 58.5 Å². The fraction of sp³-hybridized carbons (Fsp3) is 0.727. The summed E-state index contributed by atoms with van der Waals surface area (Å²) in [5.74, 6) is 1.56. The third-order valence-electron chi connectivity index (χ3n) is 6.83. The number of nitrogens with zero attached hydrogens (tertiary/aromatic N) is 3. The molecule has 0 bridgehead atoms. The van der Waals surface area contributed by atoms with Crippen LogP contribution in [0, 0.1) is 5.92 Å². The van der Waals surface area contributed by atoms with Crippen LogP contribution in [0.25, 0.3) is 10.2 Å². The van der Waals surface area contributed by atoms with E-state index in [1.807, 2.05) is 6.92 Å². The molecule has 0 spiro atoms. The number of thiophene rings is 1. The molecule has 2 aromatic rings. The van der Waals surface area contributed by atoms with Gasteiger partial charge in [0.2, 0.25) is 5.88 Å². The van der Waals surface area contributed by atoms with E-state index in [1.54, 1.807) is 17.7 Å². The Balaban J connectivity index is 1.57. The molecule has 6 heteroatoms. The maximum atomic E-state index is 9.97. The van der Waals surface area contributed by atoms with Crippen molar-refractivity contribution in [2.24, 2.45) is 5.92 Å². The van der Waals surface area contributed by atoms with Crippen molar-refractivity contribution in [3.05, 3.63) is 16.8 Å². The maximum Gasteiger partial charge on any atom is 0.225 e. The SMILES string of the molecule is CC(C[C@H]1CCc2sc3ncnc(O[C@H]4CC[C@H](N(C)C)CC4)c3c21)[C@H](C)O. The summed E-state index contributed by atoms with van der Waals surface area (Å²) in [6, 6.07) is 0.669. The molecule has 4 rings (SSSR count). The summed E-state index contributed by atoms with van der Waals surface area (Å²) in [5, 5.41) is 11.1. The number of hydrogen-bond acceptors (Lipinski definition) is 6. The molecule has 5 nitrogen and oxygen atoms in total. The van der Waals surface area contributed by atoms with Crippen molar-refractivity contribution >= 4 is 21.6 Å². The molecule has 1 saturated carbocycles. The second-order valence-corrected chi connectivity index (χ2v) is 10.1. The van der Waals surface area contributed by atoms with Gasteiger partial charge in [-0.05, 0) is 83.4 Å². The monoisotopic (exact) mass is 403 g/mol. The average molecular weight is 404 g/mol. The smallest absolute Gasteiger partial charge is 0.225 e. The van der Waals surface area contributed by atoms with Crippen LogP contribution in [-0.2, 0) is 6.42 Å². The Labute approximate surface area is 172 Å². The van der Waals surface area contributed by atoms with Gasteiger partial charge in [-0.2, -0.15) is 0 Å². The number of aliphatic hydroxyl groups is 1. The van der Waals surface area contributed by atoms with Crippen molar-refractivity contribution in [2.45, 2.75) is 83.0 Å². The molecule has 3 atom stereocenters. The van der Waals surface area contributed by atoms with E-state index in [0.717, 1.165) is 48.2 Å². The van der Waals surface area contributed by atoms with Crippen molar-refractivity contribution in [3.63, 3.8) is 0 Å². The summed E-state index contributed by atoms with van der Waals surface area (Å²) in [6.07, 6.45) is 9.46. The molecule has 0 radical (unpaired) electrons. The Bertz CT molecular complexity index is 811. The molecule has 0 aromatic carbocycles. The largest absolute Gasteiger partial charge is 0.474 e. The first-order chi connectivity index (χ1) is 13.4. The van der Waals surface area contributed by atoms with Crippen LogP contribution in [0.4, 0.5) is 0 Å². The molecule has 1 N–H and O–H groups in total. The summed E-state index contributed by atoms with van der Waals surface area (Å²) < 4.78 is 6.47. The summed E-state index contributed by atoms with van der Waals surface area (Å²) in [5.41, 5.74) is 1.41. The number of rotatable bonds is 6. The third-order valence-corrected chi connectivity index (χ3v) is 8.00. The molecule has 0 aliphatic heterocycles. The minimum atomic E-state index is -0.271. The van der Waals surface area contributed by atoms with Gasteiger partial charge in [-0.25, -0.2) is 9.97 Å². The van der Waals surface area contributed by atoms with Crippen LogP contribution >= 0.6 is 11.3 Å². The van der Waals surface area contributed by atoms with Gasteiger partial charge in [-0.1, -0.05) is 6.92 Å². The van der Waals surface area contributed by atoms with Crippen molar-refractivity contribution in [3.8, 4) is 5.88 Å². The molecule has 0 amide bonds. The van der Waals surface area contributed by atoms with Crippen LogP contribution in [-0.4, -0.2) is 52.3 Å². The zero-order chi connectivity index (χ0) is 19.8. The fourth-order valence-electron chi connectivity index (χ4n) is 4.85. The normalized spacial score (nSPS) is 27.1. The molecular weight excluding hydrogens is 370 g/mol. The first-order valence-corrected chi connectivity index (χ1v) is 11.5. The molecule has 2 aliphatic carbocycles. The standard InChI is InChI=1S/C22H33N3O2S/c1-13(14(2)26)11-15-5-10-18-19(15)20-21(23-12-24-22(20)28-18)27-17-8-6-16(7-9-17)25(3)4/h12-17,26H,5-11H2,1-4H3/t13?,14-,15+,16-,17-/m0/s1. The molecule has 2 aromatic heterocycles. The minimum absolute atomic E-state index is 0.251. The van der Waals surface area contributed by atoms with E-state index in [1.165, 1.54) is 23.3 Å². The zero-order valence-electron chi connectivity index (χ0n) is 17.5. The number of hydrogen-bond donors (Lipinski definition) is 1. The lowest BCUT2D eigenvalue weighted by molar-refractivity contribution is 0.108. The number of aryl methyl sites for hydroxylation is 1. The Hall–Kier alpha value is -1.24. The summed E-state index contributed by atoms with van der Waals surface area (Å²) in [7, 11) is 4.34. The van der Waals surface area contributed by atoms with Gasteiger partial charge in [0.25, 0.3) is 0 Å². The summed E-state index contributed by atoms with van der Waals surface area (Å²) in [4.78, 5) is 14.0. The summed E-state index contributed by atoms with van der Waals surface area (Å²) in [6.45, 7) is 4.04. The van der Waals surface area contributed by atoms with Gasteiger partial charge >= 0.3 is 0 Å². The molecule has 1 fully saturated rings. The quantitative estimate of drug-likeness (QED) is 0.776. The van der Waals surface area contributed by atoms with Crippen LogP contribution in [0.2, 0.25) is 0 Å². The van der Waals surface area contributed by atoms with Gasteiger partial charge in [0.15, 0.2) is 0 Å². The maximum absolute atomic E-state index is 9.97. The second kappa shape index (κ2) is 8.25. The van der Waals surface area contributed by atoms with E-state index in [9.17, 15) is 5.11 Å². The highest BCUT2D eigenvalue weighted by atomic mass is 32.1. The lowest BCUT2D eigenvalue weighted by atomic mass is 9.88. The first kappa shape index (κ1) is 20.0.